The van der Waals surface area contributed by atoms with Crippen LogP contribution in [0.4, 0.5) is 0 Å². The van der Waals surface area contributed by atoms with Crippen LogP contribution >= 0.6 is 0 Å². The van der Waals surface area contributed by atoms with Gasteiger partial charge in [-0.15, -0.1) is 0 Å². The third-order valence-electron chi connectivity index (χ3n) is 5.04. The van der Waals surface area contributed by atoms with Gasteiger partial charge in [-0.3, -0.25) is 4.79 Å². The molecule has 0 N–H and O–H groups in total. The minimum atomic E-state index is -3.60. The normalized spacial score (nSPS) is 21.2. The average Bonchev–Trinajstić information content (AvgIpc) is 2.94. The van der Waals surface area contributed by atoms with Crippen molar-refractivity contribution < 1.29 is 17.7 Å². The average molecular weight is 355 g/mol. The minimum Gasteiger partial charge on any atom is -0.360 e. The zero-order chi connectivity index (χ0) is 17.3. The first-order valence-electron chi connectivity index (χ1n) is 8.63. The van der Waals surface area contributed by atoms with Gasteiger partial charge in [0.05, 0.1) is 0 Å². The summed E-state index contributed by atoms with van der Waals surface area (Å²) in [6.07, 6.45) is 4.50. The quantitative estimate of drug-likeness (QED) is 0.824. The zero-order valence-electron chi connectivity index (χ0n) is 14.3. The van der Waals surface area contributed by atoms with Gasteiger partial charge in [-0.1, -0.05) is 5.16 Å². The van der Waals surface area contributed by atoms with Gasteiger partial charge >= 0.3 is 0 Å². The van der Waals surface area contributed by atoms with Gasteiger partial charge < -0.3 is 9.42 Å². The van der Waals surface area contributed by atoms with E-state index in [2.05, 4.69) is 5.16 Å². The highest BCUT2D eigenvalue weighted by molar-refractivity contribution is 7.89. The summed E-state index contributed by atoms with van der Waals surface area (Å²) in [5.41, 5.74) is 0.388. The summed E-state index contributed by atoms with van der Waals surface area (Å²) in [5, 5.41) is 3.74. The number of amides is 1. The topological polar surface area (TPSA) is 83.7 Å². The van der Waals surface area contributed by atoms with Crippen LogP contribution in [0.1, 0.15) is 43.6 Å². The van der Waals surface area contributed by atoms with E-state index in [-0.39, 0.29) is 16.7 Å². The van der Waals surface area contributed by atoms with Gasteiger partial charge in [0.1, 0.15) is 10.6 Å². The maximum Gasteiger partial charge on any atom is 0.248 e. The molecule has 134 valence electrons. The molecule has 1 aromatic heterocycles. The molecule has 1 amide bonds. The van der Waals surface area contributed by atoms with E-state index in [1.165, 1.54) is 10.7 Å². The number of sulfonamides is 1. The Labute approximate surface area is 143 Å². The van der Waals surface area contributed by atoms with Crippen molar-refractivity contribution in [3.8, 4) is 0 Å². The molecule has 8 heteroatoms. The maximum atomic E-state index is 12.8. The molecular weight excluding hydrogens is 330 g/mol. The summed E-state index contributed by atoms with van der Waals surface area (Å²) in [7, 11) is -3.60. The zero-order valence-corrected chi connectivity index (χ0v) is 15.1. The highest BCUT2D eigenvalue weighted by atomic mass is 32.2. The van der Waals surface area contributed by atoms with Gasteiger partial charge in [0, 0.05) is 32.1 Å². The van der Waals surface area contributed by atoms with Gasteiger partial charge in [-0.25, -0.2) is 8.42 Å². The lowest BCUT2D eigenvalue weighted by molar-refractivity contribution is -0.137. The second-order valence-electron chi connectivity index (χ2n) is 6.72. The summed E-state index contributed by atoms with van der Waals surface area (Å²) in [6, 6.07) is 0. The van der Waals surface area contributed by atoms with Crippen molar-refractivity contribution in [2.45, 2.75) is 50.8 Å². The fourth-order valence-electron chi connectivity index (χ4n) is 3.69. The van der Waals surface area contributed by atoms with Crippen molar-refractivity contribution in [3.05, 3.63) is 11.5 Å². The number of hydrogen-bond acceptors (Lipinski definition) is 5. The highest BCUT2D eigenvalue weighted by Gasteiger charge is 2.36. The molecule has 2 fully saturated rings. The number of carbonyl (C=O) groups excluding carboxylic acids is 1. The van der Waals surface area contributed by atoms with E-state index < -0.39 is 10.0 Å². The molecule has 0 aliphatic carbocycles. The third-order valence-corrected chi connectivity index (χ3v) is 7.18. The van der Waals surface area contributed by atoms with Crippen molar-refractivity contribution in [1.82, 2.24) is 14.4 Å². The predicted octanol–water partition coefficient (Wildman–Crippen LogP) is 1.70. The van der Waals surface area contributed by atoms with Crippen molar-refractivity contribution in [3.63, 3.8) is 0 Å². The van der Waals surface area contributed by atoms with E-state index >= 15 is 0 Å². The molecule has 0 atom stereocenters. The van der Waals surface area contributed by atoms with Gasteiger partial charge in [-0.05, 0) is 46.0 Å². The summed E-state index contributed by atoms with van der Waals surface area (Å²) in [4.78, 5) is 14.7. The van der Waals surface area contributed by atoms with Crippen LogP contribution in [0.3, 0.4) is 0 Å². The van der Waals surface area contributed by atoms with Gasteiger partial charge in [0.25, 0.3) is 0 Å². The molecule has 0 bridgehead atoms. The summed E-state index contributed by atoms with van der Waals surface area (Å²) in [5.74, 6) is 0.460. The Morgan fingerprint density at radius 2 is 1.71 bits per heavy atom. The number of nitrogens with zero attached hydrogens (tertiary/aromatic N) is 3. The standard InChI is InChI=1S/C16H25N3O4S/c1-12-15(13(2)23-17-12)24(21,22)19-10-6-14(7-11-19)16(20)18-8-4-3-5-9-18/h14H,3-11H2,1-2H3. The van der Waals surface area contributed by atoms with E-state index in [0.29, 0.717) is 37.4 Å². The molecule has 24 heavy (non-hydrogen) atoms. The van der Waals surface area contributed by atoms with Crippen molar-refractivity contribution >= 4 is 15.9 Å². The van der Waals surface area contributed by atoms with Crippen molar-refractivity contribution in [2.75, 3.05) is 26.2 Å². The molecule has 2 saturated heterocycles. The molecule has 0 unspecified atom stereocenters. The van der Waals surface area contributed by atoms with Crippen LogP contribution < -0.4 is 0 Å². The Bertz CT molecular complexity index is 679. The molecule has 3 rings (SSSR count). The van der Waals surface area contributed by atoms with Crippen LogP contribution in [0, 0.1) is 19.8 Å². The molecule has 1 aromatic rings. The molecule has 3 heterocycles. The molecule has 0 saturated carbocycles. The predicted molar refractivity (Wildman–Crippen MR) is 87.9 cm³/mol. The maximum absolute atomic E-state index is 12.8. The number of carbonyl (C=O) groups is 1. The number of piperidine rings is 2. The molecule has 0 aromatic carbocycles. The lowest BCUT2D eigenvalue weighted by Gasteiger charge is -2.35. The summed E-state index contributed by atoms with van der Waals surface area (Å²) in [6.45, 7) is 5.68. The van der Waals surface area contributed by atoms with Crippen LogP contribution in [-0.4, -0.2) is 54.9 Å². The van der Waals surface area contributed by atoms with E-state index in [1.54, 1.807) is 13.8 Å². The van der Waals surface area contributed by atoms with E-state index in [1.807, 2.05) is 4.90 Å². The van der Waals surface area contributed by atoms with E-state index in [9.17, 15) is 13.2 Å². The highest BCUT2D eigenvalue weighted by Crippen LogP contribution is 2.28. The second kappa shape index (κ2) is 6.84. The third kappa shape index (κ3) is 3.21. The second-order valence-corrected chi connectivity index (χ2v) is 8.59. The molecular formula is C16H25N3O4S. The van der Waals surface area contributed by atoms with Crippen LogP contribution in [0.2, 0.25) is 0 Å². The first kappa shape index (κ1) is 17.4. The Hall–Kier alpha value is -1.41. The molecule has 0 spiro atoms. The van der Waals surface area contributed by atoms with Crippen LogP contribution in [0.5, 0.6) is 0 Å². The number of likely N-dealkylation sites (tertiary alicyclic amines) is 1. The first-order valence-corrected chi connectivity index (χ1v) is 10.1. The fourth-order valence-corrected chi connectivity index (χ4v) is 5.45. The molecule has 2 aliphatic heterocycles. The molecule has 0 radical (unpaired) electrons. The van der Waals surface area contributed by atoms with Crippen molar-refractivity contribution in [2.24, 2.45) is 5.92 Å². The first-order chi connectivity index (χ1) is 11.4. The fraction of sp³-hybridized carbons (Fsp3) is 0.750. The number of rotatable bonds is 3. The monoisotopic (exact) mass is 355 g/mol. The number of hydrogen-bond donors (Lipinski definition) is 0. The lowest BCUT2D eigenvalue weighted by atomic mass is 9.95. The molecule has 7 nitrogen and oxygen atoms in total. The minimum absolute atomic E-state index is 0.0563. The Kier molecular flexibility index (Phi) is 4.96. The van der Waals surface area contributed by atoms with Crippen LogP contribution in [0.25, 0.3) is 0 Å². The van der Waals surface area contributed by atoms with Crippen LogP contribution in [-0.2, 0) is 14.8 Å². The number of aromatic nitrogens is 1. The summed E-state index contributed by atoms with van der Waals surface area (Å²) < 4.78 is 32.0. The van der Waals surface area contributed by atoms with Gasteiger partial charge in [-0.2, -0.15) is 4.31 Å². The SMILES string of the molecule is Cc1noc(C)c1S(=O)(=O)N1CCC(C(=O)N2CCCCC2)CC1. The smallest absolute Gasteiger partial charge is 0.248 e. The Balaban J connectivity index is 1.65. The Morgan fingerprint density at radius 1 is 1.08 bits per heavy atom. The number of aryl methyl sites for hydroxylation is 2. The summed E-state index contributed by atoms with van der Waals surface area (Å²) >= 11 is 0. The lowest BCUT2D eigenvalue weighted by Crippen LogP contribution is -2.45. The van der Waals surface area contributed by atoms with E-state index in [0.717, 1.165) is 25.9 Å². The van der Waals surface area contributed by atoms with E-state index in [4.69, 9.17) is 4.52 Å². The van der Waals surface area contributed by atoms with Crippen LogP contribution in [0.15, 0.2) is 9.42 Å². The van der Waals surface area contributed by atoms with Gasteiger partial charge in [0.2, 0.25) is 15.9 Å². The molecule has 2 aliphatic rings. The largest absolute Gasteiger partial charge is 0.360 e. The van der Waals surface area contributed by atoms with Crippen molar-refractivity contribution in [1.29, 1.82) is 0 Å². The van der Waals surface area contributed by atoms with Gasteiger partial charge in [0.15, 0.2) is 5.76 Å². The Morgan fingerprint density at radius 3 is 2.25 bits per heavy atom.